The molecule has 0 bridgehead atoms. The van der Waals surface area contributed by atoms with Gasteiger partial charge in [0.15, 0.2) is 5.65 Å². The molecular formula is C45H39Cl2F12N7O5S4. The molecule has 0 unspecified atom stereocenters. The van der Waals surface area contributed by atoms with Gasteiger partial charge in [0.1, 0.15) is 49.2 Å². The van der Waals surface area contributed by atoms with Crippen LogP contribution in [0.1, 0.15) is 68.3 Å². The largest absolute Gasteiger partial charge is 0.573 e. The van der Waals surface area contributed by atoms with E-state index in [4.69, 9.17) is 27.9 Å². The molecule has 30 heteroatoms. The molecule has 6 heterocycles. The molecule has 2 amide bonds. The molecular weight excluding hydrogens is 1150 g/mol. The van der Waals surface area contributed by atoms with E-state index in [1.165, 1.54) is 0 Å². The molecule has 0 N–H and O–H groups in total. The highest BCUT2D eigenvalue weighted by atomic mass is 35.5. The maximum Gasteiger partial charge on any atom is 0.573 e. The summed E-state index contributed by atoms with van der Waals surface area (Å²) in [4.78, 5) is 44.9. The maximum atomic E-state index is 13.0. The van der Waals surface area contributed by atoms with Gasteiger partial charge in [-0.1, -0.05) is 23.2 Å². The molecule has 2 aliphatic rings. The van der Waals surface area contributed by atoms with Crippen LogP contribution in [0, 0.1) is 0 Å². The van der Waals surface area contributed by atoms with Crippen LogP contribution in [0.3, 0.4) is 0 Å². The van der Waals surface area contributed by atoms with Crippen LogP contribution in [-0.4, -0.2) is 102 Å². The minimum atomic E-state index is -5.09. The number of thiazole rings is 2. The maximum absolute atomic E-state index is 13.0. The van der Waals surface area contributed by atoms with Crippen molar-refractivity contribution < 1.29 is 76.5 Å². The quantitative estimate of drug-likeness (QED) is 0.0961. The van der Waals surface area contributed by atoms with E-state index in [1.54, 1.807) is 59.8 Å². The molecule has 4 aromatic heterocycles. The Kier molecular flexibility index (Phi) is 17.7. The summed E-state index contributed by atoms with van der Waals surface area (Å²) in [5.41, 5.74) is -8.70. The van der Waals surface area contributed by atoms with Gasteiger partial charge in [0, 0.05) is 65.1 Å². The third-order valence-electron chi connectivity index (χ3n) is 10.8. The van der Waals surface area contributed by atoms with Crippen LogP contribution in [0.5, 0.6) is 11.5 Å². The van der Waals surface area contributed by atoms with Crippen LogP contribution in [-0.2, 0) is 16.1 Å². The summed E-state index contributed by atoms with van der Waals surface area (Å²) in [6.07, 6.45) is -5.20. The van der Waals surface area contributed by atoms with Gasteiger partial charge in [0.2, 0.25) is 5.91 Å². The molecule has 12 nitrogen and oxygen atoms in total. The zero-order valence-electron chi connectivity index (χ0n) is 38.9. The number of amides is 2. The number of carbonyl (C=O) groups excluding carboxylic acids is 2. The van der Waals surface area contributed by atoms with E-state index in [-0.39, 0.29) is 55.5 Å². The number of nitrogens with zero attached hydrogens (tertiary/aromatic N) is 7. The number of piperidine rings is 2. The summed E-state index contributed by atoms with van der Waals surface area (Å²) in [7, 11) is 0. The number of imidazole rings is 1. The van der Waals surface area contributed by atoms with Crippen molar-refractivity contribution in [2.24, 2.45) is 0 Å². The van der Waals surface area contributed by atoms with Crippen molar-refractivity contribution in [3.8, 4) is 34.0 Å². The molecule has 0 radical (unpaired) electrons. The van der Waals surface area contributed by atoms with E-state index in [9.17, 15) is 62.3 Å². The zero-order chi connectivity index (χ0) is 54.8. The number of hydrogen-bond acceptors (Lipinski definition) is 13. The number of pyridine rings is 1. The van der Waals surface area contributed by atoms with Crippen molar-refractivity contribution in [1.29, 1.82) is 0 Å². The highest BCUT2D eigenvalue weighted by Crippen LogP contribution is 2.46. The third kappa shape index (κ3) is 16.8. The topological polar surface area (TPSA) is 125 Å². The first-order valence-corrected chi connectivity index (χ1v) is 26.0. The number of alkyl halides is 12. The van der Waals surface area contributed by atoms with E-state index in [1.807, 2.05) is 0 Å². The Morgan fingerprint density at radius 3 is 1.55 bits per heavy atom. The van der Waals surface area contributed by atoms with Gasteiger partial charge in [0.25, 0.3) is 0 Å². The van der Waals surface area contributed by atoms with E-state index < -0.39 is 80.2 Å². The summed E-state index contributed by atoms with van der Waals surface area (Å²) in [5.74, 6) is -1.89. The predicted molar refractivity (Wildman–Crippen MR) is 258 cm³/mol. The van der Waals surface area contributed by atoms with E-state index in [0.29, 0.717) is 85.2 Å². The Morgan fingerprint density at radius 2 is 1.12 bits per heavy atom. The molecule has 2 saturated heterocycles. The molecule has 0 saturated carbocycles. The highest BCUT2D eigenvalue weighted by Gasteiger charge is 2.37. The normalized spacial score (nSPS) is 15.5. The van der Waals surface area contributed by atoms with Crippen LogP contribution in [0.2, 0.25) is 8.67 Å². The van der Waals surface area contributed by atoms with Crippen LogP contribution in [0.4, 0.5) is 57.5 Å². The van der Waals surface area contributed by atoms with E-state index in [2.05, 4.69) is 29.4 Å². The molecule has 6 aromatic rings. The zero-order valence-corrected chi connectivity index (χ0v) is 43.7. The number of fused-ring (bicyclic) bond motifs is 1. The molecule has 0 aliphatic carbocycles. The Hall–Kier alpha value is -4.90. The second-order valence-electron chi connectivity index (χ2n) is 17.5. The van der Waals surface area contributed by atoms with Gasteiger partial charge < -0.3 is 28.6 Å². The number of rotatable bonds is 10. The Labute approximate surface area is 445 Å². The Balaban J connectivity index is 0.000000221. The van der Waals surface area contributed by atoms with Gasteiger partial charge in [-0.25, -0.2) is 24.7 Å². The van der Waals surface area contributed by atoms with Crippen LogP contribution in [0.25, 0.3) is 33.7 Å². The highest BCUT2D eigenvalue weighted by molar-refractivity contribution is 8.00. The second-order valence-corrected chi connectivity index (χ2v) is 23.1. The third-order valence-corrected chi connectivity index (χ3v) is 15.1. The van der Waals surface area contributed by atoms with Crippen LogP contribution >= 0.6 is 69.4 Å². The van der Waals surface area contributed by atoms with Gasteiger partial charge >= 0.3 is 29.8 Å². The lowest BCUT2D eigenvalue weighted by Gasteiger charge is -2.32. The van der Waals surface area contributed by atoms with Gasteiger partial charge in [-0.3, -0.25) is 4.79 Å². The lowest BCUT2D eigenvalue weighted by molar-refractivity contribution is -0.275. The fourth-order valence-corrected chi connectivity index (χ4v) is 11.8. The number of likely N-dealkylation sites (tertiary alicyclic amines) is 2. The number of aromatic nitrogens is 5. The Morgan fingerprint density at radius 1 is 0.667 bits per heavy atom. The molecule has 8 rings (SSSR count). The van der Waals surface area contributed by atoms with Crippen LogP contribution in [0.15, 0.2) is 70.8 Å². The summed E-state index contributed by atoms with van der Waals surface area (Å²) >= 11 is 13.7. The fourth-order valence-electron chi connectivity index (χ4n) is 7.80. The number of ether oxygens (including phenoxy) is 3. The van der Waals surface area contributed by atoms with Gasteiger partial charge in [-0.15, -0.1) is 49.0 Å². The average molecular weight is 1190 g/mol. The fraction of sp³-hybridized carbons (Fsp3) is 0.422. The van der Waals surface area contributed by atoms with Crippen molar-refractivity contribution in [3.63, 3.8) is 0 Å². The van der Waals surface area contributed by atoms with E-state index >= 15 is 0 Å². The van der Waals surface area contributed by atoms with Gasteiger partial charge in [0.05, 0.1) is 16.3 Å². The van der Waals surface area contributed by atoms with Crippen molar-refractivity contribution in [2.45, 2.75) is 104 Å². The average Bonchev–Trinajstić information content (AvgIpc) is 4.00. The number of carbonyl (C=O) groups is 2. The Bertz CT molecular complexity index is 2910. The molecule has 0 atom stereocenters. The summed E-state index contributed by atoms with van der Waals surface area (Å²) < 4.78 is 169. The molecule has 406 valence electrons. The lowest BCUT2D eigenvalue weighted by Crippen LogP contribution is -2.41. The first-order valence-electron chi connectivity index (χ1n) is 22.0. The van der Waals surface area contributed by atoms with Crippen molar-refractivity contribution in [2.75, 3.05) is 26.2 Å². The molecule has 2 aromatic carbocycles. The lowest BCUT2D eigenvalue weighted by atomic mass is 9.97. The number of halogens is 14. The molecule has 75 heavy (non-hydrogen) atoms. The first-order chi connectivity index (χ1) is 34.8. The molecule has 2 aliphatic heterocycles. The second kappa shape index (κ2) is 23.0. The summed E-state index contributed by atoms with van der Waals surface area (Å²) in [6, 6.07) is 8.92. The monoisotopic (exact) mass is 1180 g/mol. The van der Waals surface area contributed by atoms with Gasteiger partial charge in [-0.05, 0) is 119 Å². The minimum Gasteiger partial charge on any atom is -0.444 e. The van der Waals surface area contributed by atoms with Crippen LogP contribution < -0.4 is 9.47 Å². The van der Waals surface area contributed by atoms with Crippen molar-refractivity contribution >= 4 is 92.6 Å². The summed E-state index contributed by atoms with van der Waals surface area (Å²) in [6.45, 7) is 7.09. The predicted octanol–water partition coefficient (Wildman–Crippen LogP) is 15.2. The number of hydrogen-bond donors (Lipinski definition) is 0. The minimum absolute atomic E-state index is 0.0304. The molecule has 2 fully saturated rings. The van der Waals surface area contributed by atoms with Crippen molar-refractivity contribution in [1.82, 2.24) is 34.3 Å². The number of benzene rings is 2. The van der Waals surface area contributed by atoms with Gasteiger partial charge in [-0.2, -0.15) is 26.3 Å². The summed E-state index contributed by atoms with van der Waals surface area (Å²) in [5, 5.41) is 1.17. The first kappa shape index (κ1) is 57.8. The number of thioether (sulfide) groups is 2. The van der Waals surface area contributed by atoms with Crippen molar-refractivity contribution in [3.05, 3.63) is 79.7 Å². The molecule has 0 spiro atoms. The standard InChI is InChI=1S/C24H18ClF6N5O2S2.C21H21ClF6N2O3S2/c25-20-19(14-8-15(38-23(26,27)28)10-16(9-14)40-24(29,30)31)34-22(39-20)13-3-6-35(7-4-13)18(37)11-36-12-33-17-2-1-5-32-21(17)36;1-19(2,3)33-18(31)30-6-4-11(5-7-30)17-29-15(16(22)34-17)12-8-13(32-20(23,24)25)10-14(9-12)35-21(26,27)28/h1-2,5,8-10,12-13H,3-4,6-7,11H2;8-11H,4-7H2,1-3H3. The van der Waals surface area contributed by atoms with E-state index in [0.717, 1.165) is 46.9 Å². The SMILES string of the molecule is CC(C)(C)OC(=O)N1CCC(c2nc(-c3cc(OC(F)(F)F)cc(SC(F)(F)F)c3)c(Cl)s2)CC1.O=C(Cn1cnc2cccnc21)N1CCC(c2nc(-c3cc(OC(F)(F)F)cc(SC(F)(F)F)c3)c(Cl)s2)CC1. The smallest absolute Gasteiger partial charge is 0.444 e.